The first-order chi connectivity index (χ1) is 32.0. The summed E-state index contributed by atoms with van der Waals surface area (Å²) in [6.45, 7) is 5.75. The van der Waals surface area contributed by atoms with Crippen LogP contribution in [0.4, 0.5) is 26.1 Å². The van der Waals surface area contributed by atoms with E-state index in [4.69, 9.17) is 10.5 Å². The second kappa shape index (κ2) is 21.1. The molecule has 3 amide bonds. The summed E-state index contributed by atoms with van der Waals surface area (Å²) in [4.78, 5) is 67.1. The van der Waals surface area contributed by atoms with Crippen molar-refractivity contribution in [3.8, 4) is 23.3 Å². The van der Waals surface area contributed by atoms with Crippen molar-refractivity contribution in [2.24, 2.45) is 0 Å². The Labute approximate surface area is 384 Å². The summed E-state index contributed by atoms with van der Waals surface area (Å²) in [7, 11) is 0. The average Bonchev–Trinajstić information content (AvgIpc) is 3.33. The van der Waals surface area contributed by atoms with Crippen LogP contribution >= 0.6 is 12.1 Å². The zero-order valence-corrected chi connectivity index (χ0v) is 37.1. The number of halogens is 2. The number of aromatic nitrogens is 4. The first kappa shape index (κ1) is 45.9. The number of amides is 3. The van der Waals surface area contributed by atoms with E-state index >= 15 is 4.39 Å². The van der Waals surface area contributed by atoms with Crippen molar-refractivity contribution in [3.63, 3.8) is 0 Å². The fourth-order valence-electron chi connectivity index (χ4n) is 8.41. The van der Waals surface area contributed by atoms with E-state index in [0.29, 0.717) is 86.1 Å². The van der Waals surface area contributed by atoms with Gasteiger partial charge in [0.2, 0.25) is 23.7 Å². The van der Waals surface area contributed by atoms with Crippen LogP contribution in [0.3, 0.4) is 0 Å². The lowest BCUT2D eigenvalue weighted by atomic mass is 9.89. The van der Waals surface area contributed by atoms with Crippen LogP contribution in [0.25, 0.3) is 16.6 Å². The number of imide groups is 1. The number of benzene rings is 3. The minimum atomic E-state index is -0.708. The Morgan fingerprint density at radius 1 is 0.864 bits per heavy atom. The Balaban J connectivity index is 0.000000670. The molecule has 2 aromatic heterocycles. The Morgan fingerprint density at radius 3 is 2.26 bits per heavy atom. The lowest BCUT2D eigenvalue weighted by Crippen LogP contribution is -2.52. The Hall–Kier alpha value is -6.69. The minimum Gasteiger partial charge on any atom is -0.453 e. The van der Waals surface area contributed by atoms with Crippen molar-refractivity contribution in [2.45, 2.75) is 57.3 Å². The molecule has 3 aromatic carbocycles. The maximum Gasteiger partial charge on any atom is 0.266 e. The average molecular weight is 921 g/mol. The molecule has 6 heterocycles. The summed E-state index contributed by atoms with van der Waals surface area (Å²) in [5.41, 5.74) is 7.66. The Kier molecular flexibility index (Phi) is 14.7. The number of nitrogen functional groups attached to an aromatic ring is 1. The molecule has 0 unspecified atom stereocenters. The van der Waals surface area contributed by atoms with Crippen LogP contribution in [0.1, 0.15) is 68.4 Å². The number of likely N-dealkylation sites (tertiary alicyclic amines) is 1. The highest BCUT2D eigenvalue weighted by Crippen LogP contribution is 2.36. The number of piperidine rings is 3. The normalized spacial score (nSPS) is 17.4. The number of nitrogens with two attached hydrogens (primary N) is 1. The quantitative estimate of drug-likeness (QED) is 0.0898. The summed E-state index contributed by atoms with van der Waals surface area (Å²) in [5.74, 6) is -0.670. The van der Waals surface area contributed by atoms with Crippen molar-refractivity contribution >= 4 is 58.1 Å². The minimum absolute atomic E-state index is 0.0140. The molecule has 4 aliphatic rings. The van der Waals surface area contributed by atoms with E-state index < -0.39 is 11.4 Å². The summed E-state index contributed by atoms with van der Waals surface area (Å²) in [6, 6.07) is 14.3. The molecule has 0 atom stereocenters. The fraction of sp³-hybridized carbons (Fsp3) is 0.391. The van der Waals surface area contributed by atoms with E-state index in [2.05, 4.69) is 40.3 Å². The highest BCUT2D eigenvalue weighted by atomic mass is 32.2. The molecule has 20 heteroatoms. The molecule has 9 rings (SSSR count). The highest BCUT2D eigenvalue weighted by Gasteiger charge is 2.28. The first-order valence-electron chi connectivity index (χ1n) is 22.1. The van der Waals surface area contributed by atoms with E-state index in [-0.39, 0.29) is 51.9 Å². The molecule has 4 aliphatic heterocycles. The van der Waals surface area contributed by atoms with Gasteiger partial charge < -0.3 is 25.0 Å². The summed E-state index contributed by atoms with van der Waals surface area (Å²) in [5, 5.41) is 12.4. The van der Waals surface area contributed by atoms with Crippen LogP contribution in [0.2, 0.25) is 0 Å². The van der Waals surface area contributed by atoms with Crippen LogP contribution in [-0.4, -0.2) is 110 Å². The van der Waals surface area contributed by atoms with Crippen LogP contribution in [-0.2, 0) is 14.4 Å². The predicted molar refractivity (Wildman–Crippen MR) is 246 cm³/mol. The summed E-state index contributed by atoms with van der Waals surface area (Å²) in [6.07, 6.45) is 11.2. The van der Waals surface area contributed by atoms with E-state index in [1.165, 1.54) is 53.7 Å². The number of anilines is 3. The zero-order valence-electron chi connectivity index (χ0n) is 36.3. The second-order valence-corrected chi connectivity index (χ2v) is 17.5. The lowest BCUT2D eigenvalue weighted by molar-refractivity contribution is -0.134. The second-order valence-electron chi connectivity index (χ2n) is 16.6. The van der Waals surface area contributed by atoms with Gasteiger partial charge in [0.05, 0.1) is 41.2 Å². The SMILES string of the molecule is N#Cc1c(NSN2CCCCC2)ccc(F)c1Oc1ccc2ncn(-c3cnc(N4CCN(C(=O)CN5CCC(c6ccc(N)cc6F)CC5)CC4)nc3)c(=O)c2c1.O=C1CCCC(=O)N1. The van der Waals surface area contributed by atoms with Gasteiger partial charge in [-0.25, -0.2) is 28.0 Å². The Morgan fingerprint density at radius 2 is 1.59 bits per heavy atom. The molecular weight excluding hydrogens is 871 g/mol. The monoisotopic (exact) mass is 920 g/mol. The maximum absolute atomic E-state index is 15.1. The van der Waals surface area contributed by atoms with Gasteiger partial charge in [0, 0.05) is 69.9 Å². The number of hydrogen-bond donors (Lipinski definition) is 3. The summed E-state index contributed by atoms with van der Waals surface area (Å²) >= 11 is 1.38. The molecule has 0 spiro atoms. The van der Waals surface area contributed by atoms with Crippen molar-refractivity contribution in [3.05, 3.63) is 100 Å². The van der Waals surface area contributed by atoms with Gasteiger partial charge in [0.15, 0.2) is 11.6 Å². The largest absolute Gasteiger partial charge is 0.453 e. The van der Waals surface area contributed by atoms with Crippen LogP contribution in [0.5, 0.6) is 11.5 Å². The van der Waals surface area contributed by atoms with E-state index in [0.717, 1.165) is 51.9 Å². The number of fused-ring (bicyclic) bond motifs is 1. The standard InChI is InChI=1S/C41H43F2N11O3S.C5H7NO2/c42-34-7-9-37(49-58-53-12-2-1-3-13-53)33(22-44)39(34)57-30-5-8-36-32(21-30)40(56)54(26-48-36)29-23-46-41(47-24-29)52-18-16-51(17-19-52)38(55)25-50-14-10-27(11-15-50)31-6-4-28(45)20-35(31)43;7-4-2-1-3-5(8)6-4/h4-9,20-21,23-24,26-27,49H,1-3,10-19,25,45H2;1-3H2,(H,6,7,8). The maximum atomic E-state index is 15.1. The molecule has 66 heavy (non-hydrogen) atoms. The van der Waals surface area contributed by atoms with E-state index in [1.54, 1.807) is 36.7 Å². The Bertz CT molecular complexity index is 2660. The first-order valence-corrected chi connectivity index (χ1v) is 22.8. The van der Waals surface area contributed by atoms with Crippen molar-refractivity contribution in [1.82, 2.24) is 38.9 Å². The smallest absolute Gasteiger partial charge is 0.266 e. The number of nitrogens with zero attached hydrogens (tertiary/aromatic N) is 9. The van der Waals surface area contributed by atoms with Gasteiger partial charge in [0.25, 0.3) is 5.56 Å². The van der Waals surface area contributed by atoms with Gasteiger partial charge in [-0.1, -0.05) is 12.5 Å². The third-order valence-electron chi connectivity index (χ3n) is 12.1. The predicted octanol–water partition coefficient (Wildman–Crippen LogP) is 5.50. The van der Waals surface area contributed by atoms with Gasteiger partial charge in [0.1, 0.15) is 29.5 Å². The van der Waals surface area contributed by atoms with Crippen molar-refractivity contribution < 1.29 is 27.9 Å². The molecule has 5 aromatic rings. The molecule has 0 saturated carbocycles. The molecular formula is C46H50F2N12O5S. The van der Waals surface area contributed by atoms with Gasteiger partial charge in [-0.2, -0.15) is 5.26 Å². The fourth-order valence-corrected chi connectivity index (χ4v) is 9.24. The van der Waals surface area contributed by atoms with Crippen molar-refractivity contribution in [1.29, 1.82) is 5.26 Å². The molecule has 0 aliphatic carbocycles. The number of nitriles is 1. The zero-order chi connectivity index (χ0) is 46.2. The molecule has 17 nitrogen and oxygen atoms in total. The summed E-state index contributed by atoms with van der Waals surface area (Å²) < 4.78 is 42.2. The topological polar surface area (TPSA) is 208 Å². The number of hydrogen-bond acceptors (Lipinski definition) is 15. The number of ether oxygens (including phenoxy) is 1. The van der Waals surface area contributed by atoms with E-state index in [9.17, 15) is 28.8 Å². The van der Waals surface area contributed by atoms with E-state index in [1.807, 2.05) is 9.80 Å². The van der Waals surface area contributed by atoms with Gasteiger partial charge in [-0.15, -0.1) is 0 Å². The highest BCUT2D eigenvalue weighted by molar-refractivity contribution is 7.98. The third kappa shape index (κ3) is 11.0. The molecule has 0 radical (unpaired) electrons. The number of rotatable bonds is 10. The molecule has 4 N–H and O–H groups in total. The van der Waals surface area contributed by atoms with Gasteiger partial charge in [-0.05, 0) is 99.1 Å². The van der Waals surface area contributed by atoms with Gasteiger partial charge in [-0.3, -0.25) is 34.0 Å². The molecule has 4 fully saturated rings. The van der Waals surface area contributed by atoms with Gasteiger partial charge >= 0.3 is 0 Å². The van der Waals surface area contributed by atoms with Crippen molar-refractivity contribution in [2.75, 3.05) is 74.3 Å². The van der Waals surface area contributed by atoms with Crippen LogP contribution in [0.15, 0.2) is 72.0 Å². The number of carbonyl (C=O) groups is 3. The number of carbonyl (C=O) groups excluding carboxylic acids is 3. The molecule has 0 bridgehead atoms. The molecule has 344 valence electrons. The third-order valence-corrected chi connectivity index (χ3v) is 13.0. The number of piperazine rings is 1. The van der Waals surface area contributed by atoms with Crippen LogP contribution < -0.4 is 31.0 Å². The lowest BCUT2D eigenvalue weighted by Gasteiger charge is -2.37. The van der Waals surface area contributed by atoms with Crippen LogP contribution in [0, 0.1) is 23.0 Å². The number of nitrogens with one attached hydrogen (secondary N) is 2. The molecule has 4 saturated heterocycles.